The van der Waals surface area contributed by atoms with Crippen LogP contribution in [0, 0.1) is 5.92 Å². The minimum atomic E-state index is 0.602. The van der Waals surface area contributed by atoms with Crippen LogP contribution in [0.5, 0.6) is 5.75 Å². The highest BCUT2D eigenvalue weighted by molar-refractivity contribution is 9.08. The Kier molecular flexibility index (Phi) is 6.31. The monoisotopic (exact) mass is 364 g/mol. The molecule has 1 saturated carbocycles. The largest absolute Gasteiger partial charge is 0.492 e. The molecule has 0 bridgehead atoms. The summed E-state index contributed by atoms with van der Waals surface area (Å²) >= 11 is 15.6. The molecule has 0 aliphatic heterocycles. The summed E-state index contributed by atoms with van der Waals surface area (Å²) < 4.78 is 5.90. The van der Waals surface area contributed by atoms with Crippen LogP contribution in [0.4, 0.5) is 0 Å². The van der Waals surface area contributed by atoms with Crippen molar-refractivity contribution in [3.05, 3.63) is 27.7 Å². The van der Waals surface area contributed by atoms with E-state index in [2.05, 4.69) is 15.9 Å². The average Bonchev–Trinajstić information content (AvgIpc) is 2.42. The van der Waals surface area contributed by atoms with Gasteiger partial charge < -0.3 is 4.74 Å². The van der Waals surface area contributed by atoms with E-state index in [1.807, 2.05) is 6.07 Å². The first-order valence-electron chi connectivity index (χ1n) is 6.87. The molecule has 0 heterocycles. The summed E-state index contributed by atoms with van der Waals surface area (Å²) in [6.07, 6.45) is 7.97. The molecule has 106 valence electrons. The maximum atomic E-state index is 6.20. The van der Waals surface area contributed by atoms with Gasteiger partial charge in [0.2, 0.25) is 0 Å². The second-order valence-corrected chi connectivity index (χ2v) is 6.56. The first-order chi connectivity index (χ1) is 9.20. The van der Waals surface area contributed by atoms with Gasteiger partial charge >= 0.3 is 0 Å². The maximum Gasteiger partial charge on any atom is 0.142 e. The van der Waals surface area contributed by atoms with Crippen LogP contribution >= 0.6 is 39.1 Å². The lowest BCUT2D eigenvalue weighted by Crippen LogP contribution is -2.11. The third-order valence-corrected chi connectivity index (χ3v) is 4.83. The van der Waals surface area contributed by atoms with E-state index in [4.69, 9.17) is 27.9 Å². The van der Waals surface area contributed by atoms with Crippen molar-refractivity contribution in [1.29, 1.82) is 0 Å². The van der Waals surface area contributed by atoms with Gasteiger partial charge in [0.05, 0.1) is 11.6 Å². The highest BCUT2D eigenvalue weighted by atomic mass is 79.9. The zero-order valence-electron chi connectivity index (χ0n) is 10.9. The summed E-state index contributed by atoms with van der Waals surface area (Å²) in [6.45, 7) is 0.742. The lowest BCUT2D eigenvalue weighted by molar-refractivity contribution is 0.245. The topological polar surface area (TPSA) is 9.23 Å². The molecular formula is C15H19BrCl2O. The summed E-state index contributed by atoms with van der Waals surface area (Å²) in [4.78, 5) is 0. The minimum Gasteiger partial charge on any atom is -0.492 e. The Morgan fingerprint density at radius 2 is 1.89 bits per heavy atom. The molecule has 19 heavy (non-hydrogen) atoms. The zero-order chi connectivity index (χ0) is 13.7. The molecule has 0 amide bonds. The lowest BCUT2D eigenvalue weighted by Gasteiger charge is -2.22. The molecule has 4 heteroatoms. The highest BCUT2D eigenvalue weighted by Crippen LogP contribution is 2.34. The van der Waals surface area contributed by atoms with Gasteiger partial charge in [-0.05, 0) is 24.5 Å². The quantitative estimate of drug-likeness (QED) is 0.561. The van der Waals surface area contributed by atoms with Crippen molar-refractivity contribution in [3.63, 3.8) is 0 Å². The lowest BCUT2D eigenvalue weighted by atomic mass is 9.87. The van der Waals surface area contributed by atoms with Crippen LogP contribution in [-0.4, -0.2) is 6.61 Å². The van der Waals surface area contributed by atoms with Crippen LogP contribution in [0.25, 0.3) is 0 Å². The van der Waals surface area contributed by atoms with Crippen molar-refractivity contribution in [3.8, 4) is 5.75 Å². The number of ether oxygens (including phenoxy) is 1. The molecule has 0 atom stereocenters. The molecule has 2 rings (SSSR count). The van der Waals surface area contributed by atoms with E-state index in [1.165, 1.54) is 32.1 Å². The van der Waals surface area contributed by atoms with Gasteiger partial charge in [-0.3, -0.25) is 0 Å². The molecule has 1 aromatic rings. The van der Waals surface area contributed by atoms with E-state index < -0.39 is 0 Å². The fourth-order valence-corrected chi connectivity index (χ4v) is 3.68. The van der Waals surface area contributed by atoms with Crippen LogP contribution in [0.15, 0.2) is 12.1 Å². The molecule has 1 nitrogen and oxygen atoms in total. The number of hydrogen-bond donors (Lipinski definition) is 0. The Balaban J connectivity index is 1.91. The summed E-state index contributed by atoms with van der Waals surface area (Å²) in [5.41, 5.74) is 1.01. The van der Waals surface area contributed by atoms with Gasteiger partial charge in [0.15, 0.2) is 0 Å². The Morgan fingerprint density at radius 1 is 1.16 bits per heavy atom. The van der Waals surface area contributed by atoms with E-state index in [0.717, 1.165) is 30.3 Å². The molecular weight excluding hydrogens is 347 g/mol. The van der Waals surface area contributed by atoms with Gasteiger partial charge in [-0.15, -0.1) is 0 Å². The highest BCUT2D eigenvalue weighted by Gasteiger charge is 2.15. The van der Waals surface area contributed by atoms with Crippen LogP contribution in [0.3, 0.4) is 0 Å². The average molecular weight is 366 g/mol. The summed E-state index contributed by atoms with van der Waals surface area (Å²) in [5, 5.41) is 1.95. The number of hydrogen-bond acceptors (Lipinski definition) is 1. The number of rotatable bonds is 5. The van der Waals surface area contributed by atoms with Crippen LogP contribution in [0.1, 0.15) is 44.1 Å². The molecule has 1 aliphatic carbocycles. The summed E-state index contributed by atoms with van der Waals surface area (Å²) in [6, 6.07) is 3.64. The first-order valence-corrected chi connectivity index (χ1v) is 8.75. The zero-order valence-corrected chi connectivity index (χ0v) is 14.0. The Hall–Kier alpha value is 0.0800. The number of benzene rings is 1. The van der Waals surface area contributed by atoms with Crippen molar-refractivity contribution in [2.24, 2.45) is 5.92 Å². The normalized spacial score (nSPS) is 16.6. The molecule has 0 saturated heterocycles. The Labute approximate surface area is 133 Å². The van der Waals surface area contributed by atoms with Gasteiger partial charge in [0.1, 0.15) is 5.75 Å². The molecule has 0 unspecified atom stereocenters. The predicted octanol–water partition coefficient (Wildman–Crippen LogP) is 6.24. The first kappa shape index (κ1) is 15.5. The van der Waals surface area contributed by atoms with Crippen LogP contribution < -0.4 is 4.74 Å². The van der Waals surface area contributed by atoms with Crippen molar-refractivity contribution in [2.75, 3.05) is 6.61 Å². The minimum absolute atomic E-state index is 0.602. The van der Waals surface area contributed by atoms with Gasteiger partial charge in [-0.25, -0.2) is 0 Å². The third kappa shape index (κ3) is 4.54. The Morgan fingerprint density at radius 3 is 2.58 bits per heavy atom. The fraction of sp³-hybridized carbons (Fsp3) is 0.600. The molecule has 0 spiro atoms. The molecule has 0 N–H and O–H groups in total. The summed E-state index contributed by atoms with van der Waals surface area (Å²) in [7, 11) is 0. The summed E-state index contributed by atoms with van der Waals surface area (Å²) in [5.74, 6) is 1.60. The van der Waals surface area contributed by atoms with Crippen LogP contribution in [-0.2, 0) is 5.33 Å². The van der Waals surface area contributed by atoms with Crippen molar-refractivity contribution >= 4 is 39.1 Å². The van der Waals surface area contributed by atoms with Gasteiger partial charge in [0, 0.05) is 15.9 Å². The van der Waals surface area contributed by atoms with Crippen molar-refractivity contribution < 1.29 is 4.74 Å². The van der Waals surface area contributed by atoms with E-state index in [-0.39, 0.29) is 0 Å². The fourth-order valence-electron chi connectivity index (χ4n) is 2.68. The standard InChI is InChI=1S/C15H19BrCl2O/c16-10-12-8-13(17)9-14(18)15(12)19-7-6-11-4-2-1-3-5-11/h8-9,11H,1-7,10H2. The second-order valence-electron chi connectivity index (χ2n) is 5.15. The number of alkyl halides is 1. The van der Waals surface area contributed by atoms with E-state index in [0.29, 0.717) is 15.4 Å². The van der Waals surface area contributed by atoms with Crippen LogP contribution in [0.2, 0.25) is 10.0 Å². The maximum absolute atomic E-state index is 6.20. The van der Waals surface area contributed by atoms with Gasteiger partial charge in [-0.1, -0.05) is 71.2 Å². The molecule has 0 radical (unpaired) electrons. The number of halogens is 3. The smallest absolute Gasteiger partial charge is 0.142 e. The van der Waals surface area contributed by atoms with Gasteiger partial charge in [-0.2, -0.15) is 0 Å². The second kappa shape index (κ2) is 7.75. The SMILES string of the molecule is Clc1cc(Cl)c(OCCC2CCCCC2)c(CBr)c1. The molecule has 1 aromatic carbocycles. The molecule has 1 fully saturated rings. The predicted molar refractivity (Wildman–Crippen MR) is 85.8 cm³/mol. The molecule has 0 aromatic heterocycles. The van der Waals surface area contributed by atoms with Gasteiger partial charge in [0.25, 0.3) is 0 Å². The van der Waals surface area contributed by atoms with E-state index in [9.17, 15) is 0 Å². The Bertz CT molecular complexity index is 417. The van der Waals surface area contributed by atoms with E-state index in [1.54, 1.807) is 6.07 Å². The van der Waals surface area contributed by atoms with Crippen molar-refractivity contribution in [1.82, 2.24) is 0 Å². The van der Waals surface area contributed by atoms with Crippen molar-refractivity contribution in [2.45, 2.75) is 43.9 Å². The third-order valence-electron chi connectivity index (χ3n) is 3.73. The van der Waals surface area contributed by atoms with E-state index >= 15 is 0 Å². The molecule has 1 aliphatic rings.